The first kappa shape index (κ1) is 11.0. The van der Waals surface area contributed by atoms with Crippen molar-refractivity contribution in [3.63, 3.8) is 0 Å². The third kappa shape index (κ3) is 1.29. The van der Waals surface area contributed by atoms with E-state index in [0.29, 0.717) is 11.7 Å². The maximum absolute atomic E-state index is 12.9. The maximum atomic E-state index is 12.9. The van der Waals surface area contributed by atoms with Gasteiger partial charge in [-0.2, -0.15) is 0 Å². The van der Waals surface area contributed by atoms with Crippen molar-refractivity contribution in [3.05, 3.63) is 42.2 Å². The van der Waals surface area contributed by atoms with Crippen LogP contribution in [0.25, 0.3) is 10.8 Å². The Hall–Kier alpha value is -1.70. The van der Waals surface area contributed by atoms with E-state index >= 15 is 0 Å². The van der Waals surface area contributed by atoms with Crippen LogP contribution in [0.4, 0.5) is 0 Å². The van der Waals surface area contributed by atoms with E-state index < -0.39 is 0 Å². The molecule has 0 saturated heterocycles. The third-order valence-electron chi connectivity index (χ3n) is 5.98. The monoisotopic (exact) mass is 263 g/mol. The summed E-state index contributed by atoms with van der Waals surface area (Å²) in [6.07, 6.45) is 7.78. The fraction of sp³-hybridized carbons (Fsp3) is 0.444. The smallest absolute Gasteiger partial charge is 0.167 e. The first-order valence-corrected chi connectivity index (χ1v) is 7.71. The first-order valence-electron chi connectivity index (χ1n) is 7.71. The molecule has 2 bridgehead atoms. The standard InChI is InChI=1S/C18H17NO/c20-18(17-15-10-4-5-11(8-10)16(15)17)14-3-1-2-12-9-19-7-6-13(12)14/h1-3,6-7,9-11,15-17H,4-5,8H2. The largest absolute Gasteiger partial charge is 0.294 e. The van der Waals surface area contributed by atoms with E-state index in [-0.39, 0.29) is 0 Å². The van der Waals surface area contributed by atoms with Crippen molar-refractivity contribution in [3.8, 4) is 0 Å². The molecular weight excluding hydrogens is 246 g/mol. The number of nitrogens with zero attached hydrogens (tertiary/aromatic N) is 1. The fourth-order valence-corrected chi connectivity index (χ4v) is 5.19. The van der Waals surface area contributed by atoms with Gasteiger partial charge in [0, 0.05) is 29.3 Å². The van der Waals surface area contributed by atoms with Gasteiger partial charge in [-0.05, 0) is 54.4 Å². The van der Waals surface area contributed by atoms with Gasteiger partial charge in [-0.15, -0.1) is 0 Å². The molecule has 2 aromatic rings. The van der Waals surface area contributed by atoms with Crippen molar-refractivity contribution >= 4 is 16.6 Å². The van der Waals surface area contributed by atoms with Crippen molar-refractivity contribution in [2.24, 2.45) is 29.6 Å². The predicted octanol–water partition coefficient (Wildman–Crippen LogP) is 3.71. The highest BCUT2D eigenvalue weighted by Crippen LogP contribution is 2.70. The Kier molecular flexibility index (Phi) is 2.03. The van der Waals surface area contributed by atoms with Gasteiger partial charge >= 0.3 is 0 Å². The minimum atomic E-state index is 0.333. The van der Waals surface area contributed by atoms with Gasteiger partial charge in [-0.3, -0.25) is 9.78 Å². The van der Waals surface area contributed by atoms with Crippen LogP contribution in [0.15, 0.2) is 36.7 Å². The van der Waals surface area contributed by atoms with Gasteiger partial charge in [0.1, 0.15) is 0 Å². The molecule has 3 aliphatic rings. The number of carbonyl (C=O) groups is 1. The normalized spacial score (nSPS) is 37.1. The number of ketones is 1. The molecule has 1 heterocycles. The van der Waals surface area contributed by atoms with Crippen LogP contribution < -0.4 is 0 Å². The molecule has 4 unspecified atom stereocenters. The molecule has 0 radical (unpaired) electrons. The van der Waals surface area contributed by atoms with Crippen LogP contribution in [0.5, 0.6) is 0 Å². The molecule has 3 fully saturated rings. The molecular formula is C18H17NO. The molecule has 3 aliphatic carbocycles. The summed E-state index contributed by atoms with van der Waals surface area (Å²) in [6.45, 7) is 0. The minimum absolute atomic E-state index is 0.333. The Balaban J connectivity index is 1.55. The van der Waals surface area contributed by atoms with Gasteiger partial charge in [0.15, 0.2) is 5.78 Å². The van der Waals surface area contributed by atoms with Crippen molar-refractivity contribution < 1.29 is 4.79 Å². The van der Waals surface area contributed by atoms with E-state index in [1.165, 1.54) is 19.3 Å². The van der Waals surface area contributed by atoms with E-state index in [1.807, 2.05) is 30.5 Å². The molecule has 5 rings (SSSR count). The number of hydrogen-bond donors (Lipinski definition) is 0. The average molecular weight is 263 g/mol. The topological polar surface area (TPSA) is 30.0 Å². The Morgan fingerprint density at radius 1 is 1.10 bits per heavy atom. The Morgan fingerprint density at radius 3 is 2.70 bits per heavy atom. The van der Waals surface area contributed by atoms with E-state index in [0.717, 1.165) is 40.0 Å². The summed E-state index contributed by atoms with van der Waals surface area (Å²) in [6, 6.07) is 8.01. The fourth-order valence-electron chi connectivity index (χ4n) is 5.19. The Morgan fingerprint density at radius 2 is 1.90 bits per heavy atom. The van der Waals surface area contributed by atoms with Crippen molar-refractivity contribution in [2.75, 3.05) is 0 Å². The Labute approximate surface area is 118 Å². The zero-order chi connectivity index (χ0) is 13.3. The molecule has 100 valence electrons. The second-order valence-electron chi connectivity index (χ2n) is 6.78. The van der Waals surface area contributed by atoms with Crippen molar-refractivity contribution in [1.82, 2.24) is 4.98 Å². The molecule has 0 aliphatic heterocycles. The van der Waals surface area contributed by atoms with Gasteiger partial charge in [0.2, 0.25) is 0 Å². The van der Waals surface area contributed by atoms with Gasteiger partial charge in [0.25, 0.3) is 0 Å². The third-order valence-corrected chi connectivity index (χ3v) is 5.98. The average Bonchev–Trinajstić information content (AvgIpc) is 2.93. The number of fused-ring (bicyclic) bond motifs is 6. The highest BCUT2D eigenvalue weighted by atomic mass is 16.1. The van der Waals surface area contributed by atoms with Crippen LogP contribution in [0, 0.1) is 29.6 Å². The Bertz CT molecular complexity index is 701. The predicted molar refractivity (Wildman–Crippen MR) is 77.4 cm³/mol. The van der Waals surface area contributed by atoms with Crippen LogP contribution in [0.3, 0.4) is 0 Å². The first-order chi connectivity index (χ1) is 9.84. The minimum Gasteiger partial charge on any atom is -0.294 e. The number of carbonyl (C=O) groups excluding carboxylic acids is 1. The molecule has 2 heteroatoms. The quantitative estimate of drug-likeness (QED) is 0.773. The van der Waals surface area contributed by atoms with Gasteiger partial charge < -0.3 is 0 Å². The van der Waals surface area contributed by atoms with Crippen LogP contribution in [-0.2, 0) is 0 Å². The van der Waals surface area contributed by atoms with E-state index in [2.05, 4.69) is 4.98 Å². The highest BCUT2D eigenvalue weighted by molar-refractivity contribution is 6.10. The molecule has 1 aromatic heterocycles. The summed E-state index contributed by atoms with van der Waals surface area (Å²) in [5.74, 6) is 3.89. The zero-order valence-corrected chi connectivity index (χ0v) is 11.3. The number of pyridine rings is 1. The molecule has 0 spiro atoms. The summed E-state index contributed by atoms with van der Waals surface area (Å²) in [7, 11) is 0. The van der Waals surface area contributed by atoms with Gasteiger partial charge in [-0.25, -0.2) is 0 Å². The number of rotatable bonds is 2. The van der Waals surface area contributed by atoms with Gasteiger partial charge in [-0.1, -0.05) is 18.2 Å². The molecule has 3 saturated carbocycles. The van der Waals surface area contributed by atoms with Crippen LogP contribution in [0.1, 0.15) is 29.6 Å². The number of hydrogen-bond acceptors (Lipinski definition) is 2. The zero-order valence-electron chi connectivity index (χ0n) is 11.3. The van der Waals surface area contributed by atoms with Crippen molar-refractivity contribution in [1.29, 1.82) is 0 Å². The van der Waals surface area contributed by atoms with Gasteiger partial charge in [0.05, 0.1) is 0 Å². The lowest BCUT2D eigenvalue weighted by molar-refractivity contribution is 0.0946. The van der Waals surface area contributed by atoms with E-state index in [9.17, 15) is 4.79 Å². The second kappa shape index (κ2) is 3.69. The summed E-state index contributed by atoms with van der Waals surface area (Å²) in [5, 5.41) is 2.15. The molecule has 20 heavy (non-hydrogen) atoms. The molecule has 4 atom stereocenters. The molecule has 2 nitrogen and oxygen atoms in total. The number of benzene rings is 1. The van der Waals surface area contributed by atoms with Crippen LogP contribution in [-0.4, -0.2) is 10.8 Å². The SMILES string of the molecule is O=C(c1cccc2cnccc12)C1C2C3CCC(C3)C12. The maximum Gasteiger partial charge on any atom is 0.167 e. The molecule has 1 aromatic carbocycles. The number of Topliss-reactive ketones (excluding diaryl/α,β-unsaturated/α-hetero) is 1. The molecule has 0 amide bonds. The summed E-state index contributed by atoms with van der Waals surface area (Å²) in [4.78, 5) is 17.1. The lowest BCUT2D eigenvalue weighted by Gasteiger charge is -2.09. The second-order valence-corrected chi connectivity index (χ2v) is 6.78. The molecule has 0 N–H and O–H groups in total. The van der Waals surface area contributed by atoms with Crippen molar-refractivity contribution in [2.45, 2.75) is 19.3 Å². The number of aromatic nitrogens is 1. The van der Waals surface area contributed by atoms with Crippen LogP contribution >= 0.6 is 0 Å². The highest BCUT2D eigenvalue weighted by Gasteiger charge is 2.67. The van der Waals surface area contributed by atoms with E-state index in [1.54, 1.807) is 6.20 Å². The summed E-state index contributed by atoms with van der Waals surface area (Å²) in [5.41, 5.74) is 0.920. The summed E-state index contributed by atoms with van der Waals surface area (Å²) >= 11 is 0. The lowest BCUT2D eigenvalue weighted by Crippen LogP contribution is -2.10. The lowest BCUT2D eigenvalue weighted by atomic mass is 9.94. The van der Waals surface area contributed by atoms with E-state index in [4.69, 9.17) is 0 Å². The van der Waals surface area contributed by atoms with Crippen LogP contribution in [0.2, 0.25) is 0 Å². The summed E-state index contributed by atoms with van der Waals surface area (Å²) < 4.78 is 0.